The molecule has 0 amide bonds. The van der Waals surface area contributed by atoms with Gasteiger partial charge < -0.3 is 9.80 Å². The maximum absolute atomic E-state index is 13.5. The minimum Gasteiger partial charge on any atom is -0.378 e. The van der Waals surface area contributed by atoms with Gasteiger partial charge in [0, 0.05) is 50.5 Å². The molecule has 2 aromatic carbocycles. The molecule has 0 spiro atoms. The molecular weight excluding hydrogens is 289 g/mol. The molecule has 0 fully saturated rings. The van der Waals surface area contributed by atoms with Crippen molar-refractivity contribution in [1.29, 1.82) is 0 Å². The summed E-state index contributed by atoms with van der Waals surface area (Å²) in [7, 11) is 8.05. The first-order valence-corrected chi connectivity index (χ1v) is 7.51. The molecule has 118 valence electrons. The molecule has 0 unspecified atom stereocenters. The first kappa shape index (κ1) is 15.3. The fourth-order valence-electron chi connectivity index (χ4n) is 2.64. The molecule has 0 atom stereocenters. The van der Waals surface area contributed by atoms with Crippen LogP contribution in [0.3, 0.4) is 0 Å². The number of fused-ring (bicyclic) bond motifs is 1. The third kappa shape index (κ3) is 2.97. The lowest BCUT2D eigenvalue weighted by molar-refractivity contribution is 0.628. The highest BCUT2D eigenvalue weighted by Crippen LogP contribution is 2.32. The van der Waals surface area contributed by atoms with E-state index in [1.54, 1.807) is 6.07 Å². The van der Waals surface area contributed by atoms with Crippen LogP contribution in [0.15, 0.2) is 48.5 Å². The van der Waals surface area contributed by atoms with Gasteiger partial charge in [0.05, 0.1) is 11.2 Å². The van der Waals surface area contributed by atoms with Gasteiger partial charge in [-0.3, -0.25) is 0 Å². The predicted molar refractivity (Wildman–Crippen MR) is 95.8 cm³/mol. The highest BCUT2D eigenvalue weighted by atomic mass is 19.1. The first-order chi connectivity index (χ1) is 11.0. The Kier molecular flexibility index (Phi) is 3.90. The molecular formula is C19H20FN3. The Hall–Kier alpha value is -2.62. The molecule has 4 heteroatoms. The standard InChI is InChI=1S/C19H20FN3/c1-22(2)15-8-9-17-16(11-15)19(23(3)4)12-18(21-17)13-6-5-7-14(20)10-13/h5-12H,1-4H3. The molecule has 0 aliphatic rings. The predicted octanol–water partition coefficient (Wildman–Crippen LogP) is 4.17. The third-order valence-corrected chi connectivity index (χ3v) is 3.89. The Bertz CT molecular complexity index is 856. The van der Waals surface area contributed by atoms with Crippen molar-refractivity contribution in [3.63, 3.8) is 0 Å². The Morgan fingerprint density at radius 3 is 2.30 bits per heavy atom. The zero-order chi connectivity index (χ0) is 16.6. The molecule has 3 nitrogen and oxygen atoms in total. The maximum atomic E-state index is 13.5. The van der Waals surface area contributed by atoms with Gasteiger partial charge in [0.15, 0.2) is 0 Å². The van der Waals surface area contributed by atoms with Crippen molar-refractivity contribution in [3.05, 3.63) is 54.3 Å². The van der Waals surface area contributed by atoms with Crippen LogP contribution in [-0.4, -0.2) is 33.2 Å². The van der Waals surface area contributed by atoms with Crippen LogP contribution in [0.2, 0.25) is 0 Å². The van der Waals surface area contributed by atoms with Crippen LogP contribution in [0.5, 0.6) is 0 Å². The number of pyridine rings is 1. The van der Waals surface area contributed by atoms with Crippen LogP contribution in [0.1, 0.15) is 0 Å². The van der Waals surface area contributed by atoms with Gasteiger partial charge in [-0.25, -0.2) is 9.37 Å². The minimum absolute atomic E-state index is 0.251. The van der Waals surface area contributed by atoms with Crippen molar-refractivity contribution < 1.29 is 4.39 Å². The van der Waals surface area contributed by atoms with Crippen molar-refractivity contribution in [2.24, 2.45) is 0 Å². The van der Waals surface area contributed by atoms with Crippen molar-refractivity contribution in [2.45, 2.75) is 0 Å². The van der Waals surface area contributed by atoms with E-state index in [0.29, 0.717) is 0 Å². The van der Waals surface area contributed by atoms with E-state index in [0.717, 1.165) is 33.5 Å². The Morgan fingerprint density at radius 2 is 1.65 bits per heavy atom. The monoisotopic (exact) mass is 309 g/mol. The zero-order valence-corrected chi connectivity index (χ0v) is 13.8. The van der Waals surface area contributed by atoms with Gasteiger partial charge >= 0.3 is 0 Å². The van der Waals surface area contributed by atoms with Crippen LogP contribution in [0.4, 0.5) is 15.8 Å². The third-order valence-electron chi connectivity index (χ3n) is 3.89. The fourth-order valence-corrected chi connectivity index (χ4v) is 2.64. The van der Waals surface area contributed by atoms with Gasteiger partial charge in [-0.2, -0.15) is 0 Å². The number of halogens is 1. The number of anilines is 2. The van der Waals surface area contributed by atoms with Crippen LogP contribution >= 0.6 is 0 Å². The average Bonchev–Trinajstić information content (AvgIpc) is 2.53. The first-order valence-electron chi connectivity index (χ1n) is 7.51. The number of rotatable bonds is 3. The quantitative estimate of drug-likeness (QED) is 0.724. The second kappa shape index (κ2) is 5.88. The molecule has 23 heavy (non-hydrogen) atoms. The Balaban J connectivity index is 2.25. The van der Waals surface area contributed by atoms with Gasteiger partial charge in [-0.15, -0.1) is 0 Å². The highest BCUT2D eigenvalue weighted by Gasteiger charge is 2.11. The van der Waals surface area contributed by atoms with Crippen molar-refractivity contribution in [3.8, 4) is 11.3 Å². The summed E-state index contributed by atoms with van der Waals surface area (Å²) in [6, 6.07) is 14.8. The summed E-state index contributed by atoms with van der Waals surface area (Å²) in [6.45, 7) is 0. The van der Waals surface area contributed by atoms with Crippen LogP contribution < -0.4 is 9.80 Å². The number of hydrogen-bond donors (Lipinski definition) is 0. The second-order valence-electron chi connectivity index (χ2n) is 6.03. The number of nitrogens with zero attached hydrogens (tertiary/aromatic N) is 3. The van der Waals surface area contributed by atoms with Crippen molar-refractivity contribution in [1.82, 2.24) is 4.98 Å². The molecule has 0 radical (unpaired) electrons. The molecule has 0 saturated heterocycles. The lowest BCUT2D eigenvalue weighted by atomic mass is 10.1. The molecule has 1 heterocycles. The van der Waals surface area contributed by atoms with Gasteiger partial charge in [-0.1, -0.05) is 12.1 Å². The number of hydrogen-bond acceptors (Lipinski definition) is 3. The minimum atomic E-state index is -0.251. The van der Waals surface area contributed by atoms with Crippen LogP contribution in [0, 0.1) is 5.82 Å². The van der Waals surface area contributed by atoms with E-state index >= 15 is 0 Å². The summed E-state index contributed by atoms with van der Waals surface area (Å²) >= 11 is 0. The van der Waals surface area contributed by atoms with Gasteiger partial charge in [0.25, 0.3) is 0 Å². The van der Waals surface area contributed by atoms with Crippen LogP contribution in [0.25, 0.3) is 22.2 Å². The Labute approximate surface area is 136 Å². The SMILES string of the molecule is CN(C)c1ccc2nc(-c3cccc(F)c3)cc(N(C)C)c2c1. The number of benzene rings is 2. The van der Waals surface area contributed by atoms with E-state index in [2.05, 4.69) is 15.9 Å². The normalized spacial score (nSPS) is 10.8. The molecule has 3 aromatic rings. The van der Waals surface area contributed by atoms with E-state index in [-0.39, 0.29) is 5.82 Å². The second-order valence-corrected chi connectivity index (χ2v) is 6.03. The summed E-state index contributed by atoms with van der Waals surface area (Å²) in [5.41, 5.74) is 4.66. The average molecular weight is 309 g/mol. The molecule has 0 aliphatic carbocycles. The highest BCUT2D eigenvalue weighted by molar-refractivity contribution is 5.96. The molecule has 1 aromatic heterocycles. The van der Waals surface area contributed by atoms with E-state index < -0.39 is 0 Å². The van der Waals surface area contributed by atoms with Gasteiger partial charge in [0.1, 0.15) is 5.82 Å². The van der Waals surface area contributed by atoms with Crippen molar-refractivity contribution in [2.75, 3.05) is 38.0 Å². The van der Waals surface area contributed by atoms with E-state index in [1.807, 2.05) is 52.5 Å². The summed E-state index contributed by atoms with van der Waals surface area (Å²) < 4.78 is 13.5. The van der Waals surface area contributed by atoms with E-state index in [9.17, 15) is 4.39 Å². The fraction of sp³-hybridized carbons (Fsp3) is 0.211. The molecule has 0 bridgehead atoms. The molecule has 0 saturated carbocycles. The van der Waals surface area contributed by atoms with Crippen LogP contribution in [-0.2, 0) is 0 Å². The molecule has 0 aliphatic heterocycles. The summed E-state index contributed by atoms with van der Waals surface area (Å²) in [5, 5.41) is 1.08. The topological polar surface area (TPSA) is 19.4 Å². The van der Waals surface area contributed by atoms with Crippen molar-refractivity contribution >= 4 is 22.3 Å². The summed E-state index contributed by atoms with van der Waals surface area (Å²) in [6.07, 6.45) is 0. The number of aromatic nitrogens is 1. The van der Waals surface area contributed by atoms with E-state index in [1.165, 1.54) is 12.1 Å². The lowest BCUT2D eigenvalue weighted by Gasteiger charge is -2.19. The summed E-state index contributed by atoms with van der Waals surface area (Å²) in [4.78, 5) is 8.85. The lowest BCUT2D eigenvalue weighted by Crippen LogP contribution is -2.11. The summed E-state index contributed by atoms with van der Waals surface area (Å²) in [5.74, 6) is -0.251. The zero-order valence-electron chi connectivity index (χ0n) is 13.8. The molecule has 0 N–H and O–H groups in total. The maximum Gasteiger partial charge on any atom is 0.123 e. The van der Waals surface area contributed by atoms with Gasteiger partial charge in [0.2, 0.25) is 0 Å². The molecule has 3 rings (SSSR count). The largest absolute Gasteiger partial charge is 0.378 e. The van der Waals surface area contributed by atoms with Gasteiger partial charge in [-0.05, 0) is 36.4 Å². The smallest absolute Gasteiger partial charge is 0.123 e. The van der Waals surface area contributed by atoms with E-state index in [4.69, 9.17) is 4.98 Å². The Morgan fingerprint density at radius 1 is 0.870 bits per heavy atom.